The van der Waals surface area contributed by atoms with Crippen molar-refractivity contribution in [3.05, 3.63) is 18.0 Å². The molecule has 1 aromatic rings. The molecule has 1 aliphatic rings. The lowest BCUT2D eigenvalue weighted by atomic mass is 10.4. The van der Waals surface area contributed by atoms with Gasteiger partial charge in [-0.25, -0.2) is 8.42 Å². The summed E-state index contributed by atoms with van der Waals surface area (Å²) >= 11 is 1.65. The van der Waals surface area contributed by atoms with Crippen molar-refractivity contribution in [1.29, 1.82) is 0 Å². The van der Waals surface area contributed by atoms with Gasteiger partial charge in [-0.05, 0) is 32.1 Å². The molecule has 0 radical (unpaired) electrons. The summed E-state index contributed by atoms with van der Waals surface area (Å²) in [5.41, 5.74) is 6.62. The van der Waals surface area contributed by atoms with Crippen LogP contribution in [0.25, 0.3) is 0 Å². The fourth-order valence-corrected chi connectivity index (χ4v) is 4.46. The van der Waals surface area contributed by atoms with Crippen LogP contribution in [0.1, 0.15) is 31.5 Å². The molecule has 1 aliphatic carbocycles. The smallest absolute Gasteiger partial charge is 0.244 e. The average Bonchev–Trinajstić information content (AvgIpc) is 3.16. The Bertz CT molecular complexity index is 564. The number of thioether (sulfide) groups is 1. The van der Waals surface area contributed by atoms with E-state index in [1.54, 1.807) is 31.1 Å². The van der Waals surface area contributed by atoms with Crippen LogP contribution >= 0.6 is 11.8 Å². The number of nitrogens with zero attached hydrogens (tertiary/aromatic N) is 2. The summed E-state index contributed by atoms with van der Waals surface area (Å²) < 4.78 is 28.8. The number of sulfonamides is 1. The van der Waals surface area contributed by atoms with Crippen LogP contribution < -0.4 is 5.73 Å². The molecule has 20 heavy (non-hydrogen) atoms. The first-order chi connectivity index (χ1) is 9.41. The predicted octanol–water partition coefficient (Wildman–Crippen LogP) is 1.65. The molecule has 0 amide bonds. The highest BCUT2D eigenvalue weighted by Gasteiger charge is 2.30. The van der Waals surface area contributed by atoms with Gasteiger partial charge in [0.15, 0.2) is 0 Å². The monoisotopic (exact) mass is 317 g/mol. The maximum atomic E-state index is 12.6. The second-order valence-corrected chi connectivity index (χ2v) is 8.24. The second kappa shape index (κ2) is 6.09. The van der Waals surface area contributed by atoms with Crippen molar-refractivity contribution in [3.8, 4) is 0 Å². The third-order valence-electron chi connectivity index (χ3n) is 3.76. The zero-order valence-corrected chi connectivity index (χ0v) is 13.9. The third-order valence-corrected chi connectivity index (χ3v) is 6.51. The van der Waals surface area contributed by atoms with Gasteiger partial charge in [-0.3, -0.25) is 0 Å². The van der Waals surface area contributed by atoms with Crippen LogP contribution in [0.2, 0.25) is 0 Å². The normalized spacial score (nSPS) is 17.6. The number of aromatic nitrogens is 1. The van der Waals surface area contributed by atoms with Crippen LogP contribution in [0.15, 0.2) is 17.2 Å². The Morgan fingerprint density at radius 3 is 2.70 bits per heavy atom. The van der Waals surface area contributed by atoms with Crippen molar-refractivity contribution < 1.29 is 8.42 Å². The molecule has 0 spiro atoms. The SMILES string of the molecule is CSCC(C)N(C)S(=O)(=O)c1cc(CN)n(C2CC2)c1. The van der Waals surface area contributed by atoms with Crippen molar-refractivity contribution in [2.45, 2.75) is 43.3 Å². The van der Waals surface area contributed by atoms with E-state index >= 15 is 0 Å². The first kappa shape index (κ1) is 15.9. The molecule has 0 aromatic carbocycles. The lowest BCUT2D eigenvalue weighted by Crippen LogP contribution is -2.36. The summed E-state index contributed by atoms with van der Waals surface area (Å²) in [6.07, 6.45) is 5.95. The van der Waals surface area contributed by atoms with Gasteiger partial charge in [0.2, 0.25) is 10.0 Å². The van der Waals surface area contributed by atoms with Gasteiger partial charge in [-0.15, -0.1) is 0 Å². The van der Waals surface area contributed by atoms with Crippen LogP contribution in [0.4, 0.5) is 0 Å². The van der Waals surface area contributed by atoms with Crippen molar-refractivity contribution in [2.75, 3.05) is 19.1 Å². The molecule has 0 saturated heterocycles. The van der Waals surface area contributed by atoms with Gasteiger partial charge >= 0.3 is 0 Å². The van der Waals surface area contributed by atoms with Crippen LogP contribution in [-0.2, 0) is 16.6 Å². The summed E-state index contributed by atoms with van der Waals surface area (Å²) in [7, 11) is -1.79. The minimum atomic E-state index is -3.43. The van der Waals surface area contributed by atoms with Crippen LogP contribution in [0, 0.1) is 0 Å². The van der Waals surface area contributed by atoms with E-state index in [2.05, 4.69) is 0 Å². The molecule has 114 valence electrons. The fraction of sp³-hybridized carbons (Fsp3) is 0.692. The lowest BCUT2D eigenvalue weighted by molar-refractivity contribution is 0.415. The standard InChI is InChI=1S/C13H23N3O2S2/c1-10(9-19-3)15(2)20(17,18)13-6-12(7-14)16(8-13)11-4-5-11/h6,8,10-11H,4-5,7,9,14H2,1-3H3. The summed E-state index contributed by atoms with van der Waals surface area (Å²) in [5, 5.41) is 0. The van der Waals surface area contributed by atoms with Gasteiger partial charge in [0.05, 0.1) is 0 Å². The average molecular weight is 317 g/mol. The zero-order chi connectivity index (χ0) is 14.9. The highest BCUT2D eigenvalue weighted by Crippen LogP contribution is 2.37. The molecule has 0 bridgehead atoms. The Morgan fingerprint density at radius 1 is 1.55 bits per heavy atom. The Hall–Kier alpha value is -0.500. The van der Waals surface area contributed by atoms with Crippen molar-refractivity contribution in [2.24, 2.45) is 5.73 Å². The Kier molecular flexibility index (Phi) is 4.84. The van der Waals surface area contributed by atoms with E-state index in [4.69, 9.17) is 5.73 Å². The van der Waals surface area contributed by atoms with E-state index < -0.39 is 10.0 Å². The second-order valence-electron chi connectivity index (χ2n) is 5.34. The van der Waals surface area contributed by atoms with Gasteiger partial charge in [0, 0.05) is 43.3 Å². The first-order valence-corrected chi connectivity index (χ1v) is 9.63. The molecule has 1 unspecified atom stereocenters. The maximum Gasteiger partial charge on any atom is 0.244 e. The van der Waals surface area contributed by atoms with Crippen molar-refractivity contribution >= 4 is 21.8 Å². The topological polar surface area (TPSA) is 68.3 Å². The fourth-order valence-electron chi connectivity index (χ4n) is 2.24. The molecular weight excluding hydrogens is 294 g/mol. The van der Waals surface area contributed by atoms with Gasteiger partial charge in [0.1, 0.15) is 4.90 Å². The molecule has 1 saturated carbocycles. The molecule has 1 heterocycles. The minimum Gasteiger partial charge on any atom is -0.346 e. The summed E-state index contributed by atoms with van der Waals surface area (Å²) in [6.45, 7) is 2.30. The van der Waals surface area contributed by atoms with Crippen LogP contribution in [0.5, 0.6) is 0 Å². The van der Waals surface area contributed by atoms with Gasteiger partial charge < -0.3 is 10.3 Å². The quantitative estimate of drug-likeness (QED) is 0.830. The summed E-state index contributed by atoms with van der Waals surface area (Å²) in [5.74, 6) is 0.781. The Labute approximate surface area is 125 Å². The summed E-state index contributed by atoms with van der Waals surface area (Å²) in [4.78, 5) is 0.361. The molecule has 1 fully saturated rings. The van der Waals surface area contributed by atoms with Crippen molar-refractivity contribution in [3.63, 3.8) is 0 Å². The number of hydrogen-bond acceptors (Lipinski definition) is 4. The zero-order valence-electron chi connectivity index (χ0n) is 12.2. The molecular formula is C13H23N3O2S2. The molecule has 7 heteroatoms. The molecule has 1 aromatic heterocycles. The third kappa shape index (κ3) is 3.05. The molecule has 0 aliphatic heterocycles. The Balaban J connectivity index is 2.29. The predicted molar refractivity (Wildman–Crippen MR) is 83.4 cm³/mol. The van der Waals surface area contributed by atoms with Crippen LogP contribution in [-0.4, -0.2) is 42.4 Å². The highest BCUT2D eigenvalue weighted by molar-refractivity contribution is 7.98. The van der Waals surface area contributed by atoms with Gasteiger partial charge in [0.25, 0.3) is 0 Å². The van der Waals surface area contributed by atoms with E-state index in [1.807, 2.05) is 17.7 Å². The molecule has 2 rings (SSSR count). The molecule has 5 nitrogen and oxygen atoms in total. The number of rotatable bonds is 7. The molecule has 2 N–H and O–H groups in total. The number of hydrogen-bond donors (Lipinski definition) is 1. The van der Waals surface area contributed by atoms with E-state index in [0.717, 1.165) is 24.3 Å². The Morgan fingerprint density at radius 2 is 2.20 bits per heavy atom. The largest absolute Gasteiger partial charge is 0.346 e. The highest BCUT2D eigenvalue weighted by atomic mass is 32.2. The van der Waals surface area contributed by atoms with E-state index in [9.17, 15) is 8.42 Å². The van der Waals surface area contributed by atoms with Gasteiger partial charge in [-0.2, -0.15) is 16.1 Å². The van der Waals surface area contributed by atoms with E-state index in [1.165, 1.54) is 4.31 Å². The summed E-state index contributed by atoms with van der Waals surface area (Å²) in [6, 6.07) is 2.13. The first-order valence-electron chi connectivity index (χ1n) is 6.79. The maximum absolute atomic E-state index is 12.6. The van der Waals surface area contributed by atoms with Crippen LogP contribution in [0.3, 0.4) is 0 Å². The lowest BCUT2D eigenvalue weighted by Gasteiger charge is -2.23. The molecule has 1 atom stereocenters. The van der Waals surface area contributed by atoms with Crippen molar-refractivity contribution in [1.82, 2.24) is 8.87 Å². The number of nitrogens with two attached hydrogens (primary N) is 1. The van der Waals surface area contributed by atoms with E-state index in [0.29, 0.717) is 17.5 Å². The van der Waals surface area contributed by atoms with E-state index in [-0.39, 0.29) is 6.04 Å². The van der Waals surface area contributed by atoms with Gasteiger partial charge in [-0.1, -0.05) is 0 Å². The minimum absolute atomic E-state index is 0.0272.